The van der Waals surface area contributed by atoms with Crippen LogP contribution in [0.3, 0.4) is 0 Å². The molecule has 0 bridgehead atoms. The second-order valence-corrected chi connectivity index (χ2v) is 6.05. The Hall–Kier alpha value is -2.24. The van der Waals surface area contributed by atoms with E-state index in [4.69, 9.17) is 0 Å². The molecule has 0 N–H and O–H groups in total. The minimum Gasteiger partial charge on any atom is -0.341 e. The molecule has 6 nitrogen and oxygen atoms in total. The van der Waals surface area contributed by atoms with Crippen molar-refractivity contribution in [2.75, 3.05) is 13.1 Å². The third-order valence-electron chi connectivity index (χ3n) is 4.13. The summed E-state index contributed by atoms with van der Waals surface area (Å²) < 4.78 is 0. The molecule has 22 heavy (non-hydrogen) atoms. The van der Waals surface area contributed by atoms with E-state index in [1.807, 2.05) is 36.1 Å². The molecule has 0 unspecified atom stereocenters. The molecule has 1 atom stereocenters. The van der Waals surface area contributed by atoms with Crippen molar-refractivity contribution >= 4 is 5.91 Å². The number of aromatic nitrogens is 4. The molecule has 1 aromatic heterocycles. The smallest absolute Gasteiger partial charge is 0.246 e. The molecule has 0 saturated carbocycles. The minimum atomic E-state index is 0.0697. The fraction of sp³-hybridized carbons (Fsp3) is 0.500. The Labute approximate surface area is 130 Å². The molecule has 1 aromatic carbocycles. The van der Waals surface area contributed by atoms with Gasteiger partial charge in [0.1, 0.15) is 6.54 Å². The van der Waals surface area contributed by atoms with Crippen molar-refractivity contribution in [1.82, 2.24) is 25.1 Å². The molecule has 0 aliphatic carbocycles. The standard InChI is InChI=1S/C16H21N5O/c1-12-6-5-9-20(10-12)15(22)11-21-18-16(17-19-21)14-8-4-3-7-13(14)2/h3-4,7-8,12H,5-6,9-11H2,1-2H3/t12-/m1/s1. The Morgan fingerprint density at radius 1 is 1.36 bits per heavy atom. The van der Waals surface area contributed by atoms with Crippen LogP contribution in [0.4, 0.5) is 0 Å². The Balaban J connectivity index is 1.69. The van der Waals surface area contributed by atoms with Crippen LogP contribution >= 0.6 is 0 Å². The molecule has 1 saturated heterocycles. The highest BCUT2D eigenvalue weighted by Crippen LogP contribution is 2.18. The molecule has 1 fully saturated rings. The van der Waals surface area contributed by atoms with Crippen molar-refractivity contribution in [3.8, 4) is 11.4 Å². The highest BCUT2D eigenvalue weighted by Gasteiger charge is 2.22. The van der Waals surface area contributed by atoms with Gasteiger partial charge in [-0.2, -0.15) is 4.80 Å². The number of aryl methyl sites for hydroxylation is 1. The fourth-order valence-electron chi connectivity index (χ4n) is 2.88. The van der Waals surface area contributed by atoms with Crippen LogP contribution in [-0.2, 0) is 11.3 Å². The van der Waals surface area contributed by atoms with Crippen LogP contribution in [0.25, 0.3) is 11.4 Å². The normalized spacial score (nSPS) is 18.5. The van der Waals surface area contributed by atoms with Gasteiger partial charge in [-0.3, -0.25) is 4.79 Å². The topological polar surface area (TPSA) is 63.9 Å². The van der Waals surface area contributed by atoms with Gasteiger partial charge in [0.2, 0.25) is 11.7 Å². The van der Waals surface area contributed by atoms with Crippen molar-refractivity contribution in [1.29, 1.82) is 0 Å². The molecule has 2 aromatic rings. The Kier molecular flexibility index (Phi) is 4.18. The van der Waals surface area contributed by atoms with Gasteiger partial charge in [-0.15, -0.1) is 10.2 Å². The first-order valence-corrected chi connectivity index (χ1v) is 7.75. The summed E-state index contributed by atoms with van der Waals surface area (Å²) in [7, 11) is 0. The number of hydrogen-bond acceptors (Lipinski definition) is 4. The Bertz CT molecular complexity index is 666. The number of piperidine rings is 1. The number of benzene rings is 1. The second kappa shape index (κ2) is 6.25. The first kappa shape index (κ1) is 14.7. The van der Waals surface area contributed by atoms with Crippen molar-refractivity contribution in [3.63, 3.8) is 0 Å². The van der Waals surface area contributed by atoms with E-state index in [-0.39, 0.29) is 12.5 Å². The fourth-order valence-corrected chi connectivity index (χ4v) is 2.88. The number of carbonyl (C=O) groups is 1. The maximum absolute atomic E-state index is 12.3. The van der Waals surface area contributed by atoms with E-state index < -0.39 is 0 Å². The molecule has 0 spiro atoms. The summed E-state index contributed by atoms with van der Waals surface area (Å²) in [6.07, 6.45) is 2.27. The summed E-state index contributed by atoms with van der Waals surface area (Å²) in [5.74, 6) is 1.21. The van der Waals surface area contributed by atoms with E-state index in [1.54, 1.807) is 0 Å². The summed E-state index contributed by atoms with van der Waals surface area (Å²) >= 11 is 0. The monoisotopic (exact) mass is 299 g/mol. The first-order valence-electron chi connectivity index (χ1n) is 7.75. The molecule has 116 valence electrons. The quantitative estimate of drug-likeness (QED) is 0.868. The lowest BCUT2D eigenvalue weighted by Crippen LogP contribution is -2.41. The van der Waals surface area contributed by atoms with Gasteiger partial charge in [0.15, 0.2) is 0 Å². The predicted octanol–water partition coefficient (Wildman–Crippen LogP) is 1.91. The lowest BCUT2D eigenvalue weighted by molar-refractivity contribution is -0.134. The molecular formula is C16H21N5O. The maximum Gasteiger partial charge on any atom is 0.246 e. The Morgan fingerprint density at radius 2 is 2.18 bits per heavy atom. The third kappa shape index (κ3) is 3.16. The van der Waals surface area contributed by atoms with Crippen LogP contribution in [0.5, 0.6) is 0 Å². The van der Waals surface area contributed by atoms with E-state index in [1.165, 1.54) is 11.2 Å². The van der Waals surface area contributed by atoms with Crippen LogP contribution in [-0.4, -0.2) is 44.1 Å². The average molecular weight is 299 g/mol. The minimum absolute atomic E-state index is 0.0697. The predicted molar refractivity (Wildman–Crippen MR) is 83.0 cm³/mol. The molecule has 3 rings (SSSR count). The van der Waals surface area contributed by atoms with Crippen LogP contribution in [0.2, 0.25) is 0 Å². The van der Waals surface area contributed by atoms with Gasteiger partial charge < -0.3 is 4.90 Å². The van der Waals surface area contributed by atoms with Crippen LogP contribution < -0.4 is 0 Å². The van der Waals surface area contributed by atoms with Gasteiger partial charge in [-0.25, -0.2) is 0 Å². The first-order chi connectivity index (χ1) is 10.6. The van der Waals surface area contributed by atoms with Crippen molar-refractivity contribution in [3.05, 3.63) is 29.8 Å². The molecule has 6 heteroatoms. The van der Waals surface area contributed by atoms with E-state index in [0.29, 0.717) is 11.7 Å². The van der Waals surface area contributed by atoms with E-state index >= 15 is 0 Å². The number of carbonyl (C=O) groups excluding carboxylic acids is 1. The number of rotatable bonds is 3. The summed E-state index contributed by atoms with van der Waals surface area (Å²) in [5, 5.41) is 12.4. The number of likely N-dealkylation sites (tertiary alicyclic amines) is 1. The van der Waals surface area contributed by atoms with Gasteiger partial charge in [-0.1, -0.05) is 31.2 Å². The zero-order chi connectivity index (χ0) is 15.5. The average Bonchev–Trinajstić information content (AvgIpc) is 2.96. The van der Waals surface area contributed by atoms with Crippen LogP contribution in [0, 0.1) is 12.8 Å². The zero-order valence-corrected chi connectivity index (χ0v) is 13.1. The number of amides is 1. The summed E-state index contributed by atoms with van der Waals surface area (Å²) in [6.45, 7) is 6.02. The lowest BCUT2D eigenvalue weighted by Gasteiger charge is -2.30. The molecular weight excluding hydrogens is 278 g/mol. The molecule has 1 aliphatic heterocycles. The molecule has 2 heterocycles. The highest BCUT2D eigenvalue weighted by atomic mass is 16.2. The van der Waals surface area contributed by atoms with Crippen LogP contribution in [0.1, 0.15) is 25.3 Å². The third-order valence-corrected chi connectivity index (χ3v) is 4.13. The zero-order valence-electron chi connectivity index (χ0n) is 13.1. The SMILES string of the molecule is Cc1ccccc1-c1nnn(CC(=O)N2CCC[C@@H](C)C2)n1. The van der Waals surface area contributed by atoms with Gasteiger partial charge in [-0.05, 0) is 36.5 Å². The Morgan fingerprint density at radius 3 is 2.95 bits per heavy atom. The van der Waals surface area contributed by atoms with E-state index in [0.717, 1.165) is 30.6 Å². The van der Waals surface area contributed by atoms with Crippen LogP contribution in [0.15, 0.2) is 24.3 Å². The molecule has 1 aliphatic rings. The summed E-state index contributed by atoms with van der Waals surface area (Å²) in [5.41, 5.74) is 2.05. The number of hydrogen-bond donors (Lipinski definition) is 0. The van der Waals surface area contributed by atoms with E-state index in [2.05, 4.69) is 22.3 Å². The van der Waals surface area contributed by atoms with Crippen molar-refractivity contribution in [2.45, 2.75) is 33.2 Å². The second-order valence-electron chi connectivity index (χ2n) is 6.05. The summed E-state index contributed by atoms with van der Waals surface area (Å²) in [4.78, 5) is 15.6. The lowest BCUT2D eigenvalue weighted by atomic mass is 10.0. The number of tetrazole rings is 1. The largest absolute Gasteiger partial charge is 0.341 e. The van der Waals surface area contributed by atoms with Gasteiger partial charge in [0.05, 0.1) is 0 Å². The number of nitrogens with zero attached hydrogens (tertiary/aromatic N) is 5. The maximum atomic E-state index is 12.3. The van der Waals surface area contributed by atoms with Gasteiger partial charge in [0.25, 0.3) is 0 Å². The molecule has 1 amide bonds. The molecule has 0 radical (unpaired) electrons. The van der Waals surface area contributed by atoms with Gasteiger partial charge >= 0.3 is 0 Å². The van der Waals surface area contributed by atoms with Crippen molar-refractivity contribution in [2.24, 2.45) is 5.92 Å². The van der Waals surface area contributed by atoms with Gasteiger partial charge in [0, 0.05) is 18.7 Å². The highest BCUT2D eigenvalue weighted by molar-refractivity contribution is 5.76. The van der Waals surface area contributed by atoms with Crippen molar-refractivity contribution < 1.29 is 4.79 Å². The van der Waals surface area contributed by atoms with E-state index in [9.17, 15) is 4.79 Å². The summed E-state index contributed by atoms with van der Waals surface area (Å²) in [6, 6.07) is 7.90.